The zero-order chi connectivity index (χ0) is 15.2. The molecule has 0 amide bonds. The molecule has 0 spiro atoms. The van der Waals surface area contributed by atoms with Crippen LogP contribution in [0.1, 0.15) is 29.7 Å². The van der Waals surface area contributed by atoms with E-state index in [0.29, 0.717) is 24.5 Å². The summed E-state index contributed by atoms with van der Waals surface area (Å²) in [6, 6.07) is 1.91. The predicted molar refractivity (Wildman–Crippen MR) is 79.8 cm³/mol. The molecule has 0 saturated carbocycles. The molecule has 5 N–H and O–H groups in total. The van der Waals surface area contributed by atoms with Gasteiger partial charge in [0.2, 0.25) is 0 Å². The third-order valence-electron chi connectivity index (χ3n) is 3.70. The Bertz CT molecular complexity index is 513. The molecule has 2 rings (SSSR count). The van der Waals surface area contributed by atoms with E-state index in [4.69, 9.17) is 10.9 Å². The summed E-state index contributed by atoms with van der Waals surface area (Å²) >= 11 is 0. The topological polar surface area (TPSA) is 115 Å². The van der Waals surface area contributed by atoms with E-state index in [9.17, 15) is 10.2 Å². The molecule has 1 aliphatic rings. The Morgan fingerprint density at radius 2 is 1.90 bits per heavy atom. The molecule has 1 aromatic rings. The molecule has 0 saturated heterocycles. The van der Waals surface area contributed by atoms with Crippen LogP contribution < -0.4 is 10.6 Å². The molecule has 21 heavy (non-hydrogen) atoms. The molecule has 1 heterocycles. The smallest absolute Gasteiger partial charge is 0.173 e. The molecule has 7 nitrogen and oxygen atoms in total. The monoisotopic (exact) mass is 294 g/mol. The Morgan fingerprint density at radius 3 is 2.52 bits per heavy atom. The summed E-state index contributed by atoms with van der Waals surface area (Å²) in [7, 11) is 0. The molecule has 7 heteroatoms. The lowest BCUT2D eigenvalue weighted by Crippen LogP contribution is -2.33. The van der Waals surface area contributed by atoms with Crippen molar-refractivity contribution in [2.45, 2.75) is 25.7 Å². The van der Waals surface area contributed by atoms with Crippen molar-refractivity contribution in [3.8, 4) is 0 Å². The Kier molecular flexibility index (Phi) is 5.35. The summed E-state index contributed by atoms with van der Waals surface area (Å²) < 4.78 is 0. The van der Waals surface area contributed by atoms with E-state index >= 15 is 0 Å². The fourth-order valence-electron chi connectivity index (χ4n) is 2.67. The number of hydrogen-bond donors (Lipinski definition) is 4. The van der Waals surface area contributed by atoms with Gasteiger partial charge in [-0.3, -0.25) is 0 Å². The summed E-state index contributed by atoms with van der Waals surface area (Å²) in [6.45, 7) is 0.541. The number of aliphatic hydroxyl groups excluding tert-OH is 2. The zero-order valence-corrected chi connectivity index (χ0v) is 12.0. The summed E-state index contributed by atoms with van der Waals surface area (Å²) in [5.74, 6) is 0.542. The number of fused-ring (bicyclic) bond motifs is 1. The molecular weight excluding hydrogens is 272 g/mol. The number of aromatic nitrogens is 1. The third-order valence-corrected chi connectivity index (χ3v) is 3.70. The second-order valence-electron chi connectivity index (χ2n) is 5.09. The van der Waals surface area contributed by atoms with Crippen molar-refractivity contribution >= 4 is 11.7 Å². The summed E-state index contributed by atoms with van der Waals surface area (Å²) in [6.07, 6.45) is 4.06. The van der Waals surface area contributed by atoms with E-state index in [2.05, 4.69) is 10.1 Å². The molecule has 116 valence electrons. The predicted octanol–water partition coefficient (Wildman–Crippen LogP) is -0.154. The molecular formula is C14H22N4O3. The van der Waals surface area contributed by atoms with Crippen molar-refractivity contribution in [1.29, 1.82) is 0 Å². The van der Waals surface area contributed by atoms with Gasteiger partial charge in [0, 0.05) is 18.8 Å². The number of nitrogens with two attached hydrogens (primary N) is 1. The first-order valence-corrected chi connectivity index (χ1v) is 7.18. The standard InChI is InChI=1S/C14H22N4O3/c15-13(17-21)11-9-10-3-1-2-4-12(10)16-14(11)18(5-7-19)6-8-20/h9,19-21H,1-8H2,(H2,15,17). The van der Waals surface area contributed by atoms with Crippen LogP contribution in [-0.4, -0.2) is 52.5 Å². The van der Waals surface area contributed by atoms with Gasteiger partial charge >= 0.3 is 0 Å². The number of rotatable bonds is 6. The highest BCUT2D eigenvalue weighted by atomic mass is 16.4. The largest absolute Gasteiger partial charge is 0.409 e. The molecule has 0 radical (unpaired) electrons. The highest BCUT2D eigenvalue weighted by Gasteiger charge is 2.20. The highest BCUT2D eigenvalue weighted by molar-refractivity contribution is 6.01. The van der Waals surface area contributed by atoms with Crippen LogP contribution >= 0.6 is 0 Å². The minimum Gasteiger partial charge on any atom is -0.409 e. The van der Waals surface area contributed by atoms with Gasteiger partial charge in [-0.25, -0.2) is 4.98 Å². The van der Waals surface area contributed by atoms with Crippen LogP contribution in [0.3, 0.4) is 0 Å². The van der Waals surface area contributed by atoms with Crippen molar-refractivity contribution in [3.05, 3.63) is 22.9 Å². The number of aryl methyl sites for hydroxylation is 2. The highest BCUT2D eigenvalue weighted by Crippen LogP contribution is 2.26. The quantitative estimate of drug-likeness (QED) is 0.251. The van der Waals surface area contributed by atoms with Crippen LogP contribution in [-0.2, 0) is 12.8 Å². The number of nitrogens with zero attached hydrogens (tertiary/aromatic N) is 3. The van der Waals surface area contributed by atoms with Gasteiger partial charge in [0.15, 0.2) is 5.84 Å². The van der Waals surface area contributed by atoms with Gasteiger partial charge in [-0.15, -0.1) is 0 Å². The molecule has 0 atom stereocenters. The maximum atomic E-state index is 9.19. The average Bonchev–Trinajstić information content (AvgIpc) is 2.52. The van der Waals surface area contributed by atoms with Crippen molar-refractivity contribution in [2.75, 3.05) is 31.2 Å². The summed E-state index contributed by atoms with van der Waals surface area (Å²) in [5, 5.41) is 30.4. The van der Waals surface area contributed by atoms with Gasteiger partial charge in [0.05, 0.1) is 18.8 Å². The van der Waals surface area contributed by atoms with E-state index in [1.807, 2.05) is 6.07 Å². The first-order chi connectivity index (χ1) is 10.2. The zero-order valence-electron chi connectivity index (χ0n) is 12.0. The van der Waals surface area contributed by atoms with Gasteiger partial charge in [0.25, 0.3) is 0 Å². The van der Waals surface area contributed by atoms with E-state index in [0.717, 1.165) is 36.9 Å². The maximum absolute atomic E-state index is 9.19. The van der Waals surface area contributed by atoms with Crippen LogP contribution in [0.2, 0.25) is 0 Å². The van der Waals surface area contributed by atoms with Crippen LogP contribution in [0.4, 0.5) is 5.82 Å². The van der Waals surface area contributed by atoms with E-state index in [1.165, 1.54) is 0 Å². The van der Waals surface area contributed by atoms with Gasteiger partial charge in [0.1, 0.15) is 5.82 Å². The van der Waals surface area contributed by atoms with Crippen molar-refractivity contribution in [1.82, 2.24) is 4.98 Å². The number of pyridine rings is 1. The fourth-order valence-corrected chi connectivity index (χ4v) is 2.67. The molecule has 1 aromatic heterocycles. The molecule has 1 aliphatic carbocycles. The Morgan fingerprint density at radius 1 is 1.24 bits per heavy atom. The van der Waals surface area contributed by atoms with E-state index in [-0.39, 0.29) is 19.0 Å². The van der Waals surface area contributed by atoms with Crippen molar-refractivity contribution in [3.63, 3.8) is 0 Å². The SMILES string of the molecule is NC(=NO)c1cc2c(nc1N(CCO)CCO)CCCC2. The molecule has 0 unspecified atom stereocenters. The van der Waals surface area contributed by atoms with Crippen LogP contribution in [0.15, 0.2) is 11.2 Å². The molecule has 0 aromatic carbocycles. The minimum absolute atomic E-state index is 0.00764. The van der Waals surface area contributed by atoms with Crippen LogP contribution in [0.25, 0.3) is 0 Å². The second-order valence-corrected chi connectivity index (χ2v) is 5.09. The van der Waals surface area contributed by atoms with Crippen molar-refractivity contribution in [2.24, 2.45) is 10.9 Å². The lowest BCUT2D eigenvalue weighted by Gasteiger charge is -2.26. The molecule has 0 bridgehead atoms. The maximum Gasteiger partial charge on any atom is 0.173 e. The first kappa shape index (κ1) is 15.5. The number of anilines is 1. The third kappa shape index (κ3) is 3.43. The minimum atomic E-state index is -0.0611. The number of amidine groups is 1. The molecule has 0 fully saturated rings. The second kappa shape index (κ2) is 7.24. The lowest BCUT2D eigenvalue weighted by atomic mass is 9.94. The number of oxime groups is 1. The van der Waals surface area contributed by atoms with Crippen LogP contribution in [0.5, 0.6) is 0 Å². The van der Waals surface area contributed by atoms with Gasteiger partial charge in [-0.2, -0.15) is 0 Å². The van der Waals surface area contributed by atoms with Gasteiger partial charge in [-0.05, 0) is 37.3 Å². The first-order valence-electron chi connectivity index (χ1n) is 7.18. The normalized spacial score (nSPS) is 14.9. The lowest BCUT2D eigenvalue weighted by molar-refractivity contribution is 0.280. The number of hydrogen-bond acceptors (Lipinski definition) is 6. The summed E-state index contributed by atoms with van der Waals surface area (Å²) in [5.41, 5.74) is 8.45. The summed E-state index contributed by atoms with van der Waals surface area (Å²) in [4.78, 5) is 6.40. The Balaban J connectivity index is 2.49. The Labute approximate surface area is 123 Å². The molecule has 0 aliphatic heterocycles. The van der Waals surface area contributed by atoms with Crippen LogP contribution in [0, 0.1) is 0 Å². The Hall–Kier alpha value is -1.86. The number of aliphatic hydroxyl groups is 2. The van der Waals surface area contributed by atoms with Gasteiger partial charge < -0.3 is 26.1 Å². The average molecular weight is 294 g/mol. The van der Waals surface area contributed by atoms with Gasteiger partial charge in [-0.1, -0.05) is 5.16 Å². The fraction of sp³-hybridized carbons (Fsp3) is 0.571. The van der Waals surface area contributed by atoms with E-state index in [1.54, 1.807) is 4.90 Å². The van der Waals surface area contributed by atoms with Crippen molar-refractivity contribution < 1.29 is 15.4 Å². The van der Waals surface area contributed by atoms with E-state index < -0.39 is 0 Å².